The van der Waals surface area contributed by atoms with Crippen LogP contribution < -0.4 is 0 Å². The molecule has 2 fully saturated rings. The number of ether oxygens (including phenoxy) is 4. The lowest BCUT2D eigenvalue weighted by molar-refractivity contribution is -0.206. The van der Waals surface area contributed by atoms with Crippen LogP contribution in [0.15, 0.2) is 60.7 Å². The Morgan fingerprint density at radius 3 is 1.38 bits per heavy atom. The number of benzene rings is 2. The molecule has 0 aliphatic carbocycles. The molecule has 6 nitrogen and oxygen atoms in total. The second-order valence-electron chi connectivity index (χ2n) is 6.49. The highest BCUT2D eigenvalue weighted by Gasteiger charge is 2.44. The molecule has 0 bridgehead atoms. The van der Waals surface area contributed by atoms with Gasteiger partial charge >= 0.3 is 0 Å². The zero-order chi connectivity index (χ0) is 17.9. The van der Waals surface area contributed by atoms with Crippen LogP contribution in [0.5, 0.6) is 0 Å². The third-order valence-electron chi connectivity index (χ3n) is 4.62. The van der Waals surface area contributed by atoms with E-state index in [1.807, 2.05) is 60.7 Å². The van der Waals surface area contributed by atoms with Crippen LogP contribution in [0.2, 0.25) is 0 Å². The van der Waals surface area contributed by atoms with Gasteiger partial charge in [-0.2, -0.15) is 0 Å². The third kappa shape index (κ3) is 3.66. The highest BCUT2D eigenvalue weighted by molar-refractivity contribution is 5.18. The van der Waals surface area contributed by atoms with Crippen LogP contribution in [0, 0.1) is 0 Å². The molecule has 0 spiro atoms. The predicted octanol–water partition coefficient (Wildman–Crippen LogP) is 1.94. The Hall–Kier alpha value is -1.80. The Kier molecular flexibility index (Phi) is 5.31. The summed E-state index contributed by atoms with van der Waals surface area (Å²) in [4.78, 5) is 0. The topological polar surface area (TPSA) is 77.4 Å². The minimum atomic E-state index is -0.948. The average molecular weight is 358 g/mol. The van der Waals surface area contributed by atoms with E-state index in [0.717, 1.165) is 11.1 Å². The number of fused-ring (bicyclic) bond motifs is 1. The fourth-order valence-corrected chi connectivity index (χ4v) is 3.27. The zero-order valence-electron chi connectivity index (χ0n) is 14.2. The van der Waals surface area contributed by atoms with E-state index in [1.54, 1.807) is 0 Å². The second-order valence-corrected chi connectivity index (χ2v) is 6.49. The van der Waals surface area contributed by atoms with Crippen LogP contribution in [0.4, 0.5) is 0 Å². The number of rotatable bonds is 2. The van der Waals surface area contributed by atoms with Crippen LogP contribution in [-0.4, -0.2) is 47.8 Å². The van der Waals surface area contributed by atoms with Crippen LogP contribution in [-0.2, 0) is 18.9 Å². The molecule has 2 aliphatic heterocycles. The van der Waals surface area contributed by atoms with Gasteiger partial charge in [-0.05, 0) is 0 Å². The maximum atomic E-state index is 10.6. The van der Waals surface area contributed by atoms with Crippen LogP contribution in [0.3, 0.4) is 0 Å². The summed E-state index contributed by atoms with van der Waals surface area (Å²) in [6, 6.07) is 18.9. The summed E-state index contributed by atoms with van der Waals surface area (Å²) in [6.07, 6.45) is -4.81. The van der Waals surface area contributed by atoms with Crippen molar-refractivity contribution < 1.29 is 29.2 Å². The van der Waals surface area contributed by atoms with Crippen molar-refractivity contribution in [3.8, 4) is 0 Å². The fraction of sp³-hybridized carbons (Fsp3) is 0.400. The van der Waals surface area contributed by atoms with E-state index in [1.165, 1.54) is 0 Å². The number of hydrogen-bond acceptors (Lipinski definition) is 6. The van der Waals surface area contributed by atoms with E-state index in [2.05, 4.69) is 0 Å². The first-order valence-corrected chi connectivity index (χ1v) is 8.72. The lowest BCUT2D eigenvalue weighted by atomic mass is 10.0. The molecule has 2 N–H and O–H groups in total. The van der Waals surface area contributed by atoms with Gasteiger partial charge in [0.1, 0.15) is 24.4 Å². The highest BCUT2D eigenvalue weighted by atomic mass is 16.7. The molecular formula is C20H22O6. The summed E-state index contributed by atoms with van der Waals surface area (Å²) in [5.74, 6) is 0. The van der Waals surface area contributed by atoms with Crippen LogP contribution in [0.1, 0.15) is 23.7 Å². The first-order chi connectivity index (χ1) is 12.7. The van der Waals surface area contributed by atoms with Gasteiger partial charge in [-0.15, -0.1) is 0 Å². The van der Waals surface area contributed by atoms with E-state index in [0.29, 0.717) is 0 Å². The molecule has 2 saturated heterocycles. The smallest absolute Gasteiger partial charge is 0.184 e. The Labute approximate surface area is 151 Å². The van der Waals surface area contributed by atoms with Crippen molar-refractivity contribution in [3.05, 3.63) is 71.8 Å². The molecule has 138 valence electrons. The molecule has 6 heteroatoms. The Morgan fingerprint density at radius 2 is 1.00 bits per heavy atom. The molecule has 0 aromatic heterocycles. The Morgan fingerprint density at radius 1 is 0.615 bits per heavy atom. The van der Waals surface area contributed by atoms with Gasteiger partial charge in [0, 0.05) is 11.1 Å². The first-order valence-electron chi connectivity index (χ1n) is 8.72. The molecule has 2 aliphatic rings. The lowest BCUT2D eigenvalue weighted by Gasteiger charge is -2.29. The van der Waals surface area contributed by atoms with Crippen LogP contribution in [0.25, 0.3) is 0 Å². The van der Waals surface area contributed by atoms with Crippen molar-refractivity contribution in [2.75, 3.05) is 13.2 Å². The van der Waals surface area contributed by atoms with Gasteiger partial charge in [0.05, 0.1) is 13.2 Å². The SMILES string of the molecule is O[C@@H]1COC(c2ccccc2)O[C@H]2[C@@H]1OC(c1ccccc1)OC[C@@H]2O. The van der Waals surface area contributed by atoms with Crippen molar-refractivity contribution in [2.24, 2.45) is 0 Å². The van der Waals surface area contributed by atoms with E-state index in [9.17, 15) is 10.2 Å². The predicted molar refractivity (Wildman–Crippen MR) is 92.0 cm³/mol. The number of hydrogen-bond donors (Lipinski definition) is 2. The second kappa shape index (κ2) is 7.84. The van der Waals surface area contributed by atoms with E-state index in [4.69, 9.17) is 18.9 Å². The van der Waals surface area contributed by atoms with Crippen molar-refractivity contribution in [2.45, 2.75) is 37.0 Å². The summed E-state index contributed by atoms with van der Waals surface area (Å²) < 4.78 is 23.5. The molecule has 2 unspecified atom stereocenters. The minimum Gasteiger partial charge on any atom is -0.388 e. The highest BCUT2D eigenvalue weighted by Crippen LogP contribution is 2.34. The van der Waals surface area contributed by atoms with Gasteiger partial charge < -0.3 is 29.2 Å². The molecule has 0 radical (unpaired) electrons. The minimum absolute atomic E-state index is 0.0367. The molecular weight excluding hydrogens is 336 g/mol. The largest absolute Gasteiger partial charge is 0.388 e. The van der Waals surface area contributed by atoms with E-state index >= 15 is 0 Å². The quantitative estimate of drug-likeness (QED) is 0.854. The van der Waals surface area contributed by atoms with Crippen molar-refractivity contribution in [1.29, 1.82) is 0 Å². The monoisotopic (exact) mass is 358 g/mol. The summed E-state index contributed by atoms with van der Waals surface area (Å²) in [5.41, 5.74) is 1.63. The molecule has 0 amide bonds. The van der Waals surface area contributed by atoms with Crippen molar-refractivity contribution in [3.63, 3.8) is 0 Å². The van der Waals surface area contributed by atoms with Gasteiger partial charge in [0.2, 0.25) is 0 Å². The number of aliphatic hydroxyl groups is 2. The average Bonchev–Trinajstić information content (AvgIpc) is 2.95. The van der Waals surface area contributed by atoms with Gasteiger partial charge in [0.15, 0.2) is 12.6 Å². The summed E-state index contributed by atoms with van der Waals surface area (Å²) >= 11 is 0. The molecule has 2 aromatic rings. The molecule has 2 aromatic carbocycles. The molecule has 4 rings (SSSR count). The fourth-order valence-electron chi connectivity index (χ4n) is 3.27. The Bertz CT molecular complexity index is 632. The normalized spacial score (nSPS) is 35.2. The molecule has 2 heterocycles. The van der Waals surface area contributed by atoms with Crippen molar-refractivity contribution in [1.82, 2.24) is 0 Å². The lowest BCUT2D eigenvalue weighted by Crippen LogP contribution is -2.46. The van der Waals surface area contributed by atoms with Crippen molar-refractivity contribution >= 4 is 0 Å². The van der Waals surface area contributed by atoms with Gasteiger partial charge in [-0.1, -0.05) is 60.7 Å². The maximum absolute atomic E-state index is 10.6. The third-order valence-corrected chi connectivity index (χ3v) is 4.62. The van der Waals surface area contributed by atoms with Gasteiger partial charge in [0.25, 0.3) is 0 Å². The summed E-state index contributed by atoms with van der Waals surface area (Å²) in [6.45, 7) is 0.0733. The van der Waals surface area contributed by atoms with E-state index in [-0.39, 0.29) is 13.2 Å². The number of aliphatic hydroxyl groups excluding tert-OH is 2. The van der Waals surface area contributed by atoms with Gasteiger partial charge in [-0.25, -0.2) is 0 Å². The standard InChI is InChI=1S/C20H22O6/c21-15-11-23-19(13-7-3-1-4-8-13)25-17-16(22)12-24-20(26-18(15)17)14-9-5-2-6-10-14/h1-10,15-22H,11-12H2/t15-,16+,17-,18-,19?,20?/m1/s1. The zero-order valence-corrected chi connectivity index (χ0v) is 14.2. The molecule has 26 heavy (non-hydrogen) atoms. The Balaban J connectivity index is 1.59. The molecule has 6 atom stereocenters. The van der Waals surface area contributed by atoms with Crippen LogP contribution >= 0.6 is 0 Å². The maximum Gasteiger partial charge on any atom is 0.184 e. The first kappa shape index (κ1) is 17.6. The summed E-state index contributed by atoms with van der Waals surface area (Å²) in [7, 11) is 0. The van der Waals surface area contributed by atoms with Gasteiger partial charge in [-0.3, -0.25) is 0 Å². The summed E-state index contributed by atoms with van der Waals surface area (Å²) in [5, 5.41) is 21.1. The molecule has 0 saturated carbocycles. The van der Waals surface area contributed by atoms with E-state index < -0.39 is 37.0 Å².